The average Bonchev–Trinajstić information content (AvgIpc) is 3.05. The van der Waals surface area contributed by atoms with Gasteiger partial charge in [0.25, 0.3) is 0 Å². The molecule has 3 nitrogen and oxygen atoms in total. The molecule has 3 rings (SSSR count). The minimum atomic E-state index is 0.429. The van der Waals surface area contributed by atoms with E-state index >= 15 is 0 Å². The van der Waals surface area contributed by atoms with Gasteiger partial charge in [-0.25, -0.2) is 0 Å². The summed E-state index contributed by atoms with van der Waals surface area (Å²) in [6, 6.07) is 11.1. The fraction of sp³-hybridized carbons (Fsp3) is 0.308. The van der Waals surface area contributed by atoms with E-state index < -0.39 is 0 Å². The Balaban J connectivity index is 1.82. The number of hydrogen-bond donors (Lipinski definition) is 2. The Bertz CT molecular complexity index is 431. The van der Waals surface area contributed by atoms with Gasteiger partial charge in [0.1, 0.15) is 0 Å². The maximum Gasteiger partial charge on any atom is 0.0728 e. The number of hydrogen-bond acceptors (Lipinski definition) is 2. The summed E-state index contributed by atoms with van der Waals surface area (Å²) in [5.74, 6) is 0.775. The monoisotopic (exact) mass is 213 g/mol. The lowest BCUT2D eigenvalue weighted by atomic mass is 10.0. The molecule has 82 valence electrons. The summed E-state index contributed by atoms with van der Waals surface area (Å²) in [7, 11) is 0. The van der Waals surface area contributed by atoms with E-state index in [1.807, 2.05) is 12.4 Å². The third-order valence-corrected chi connectivity index (χ3v) is 3.07. The van der Waals surface area contributed by atoms with E-state index in [1.54, 1.807) is 0 Å². The highest BCUT2D eigenvalue weighted by atomic mass is 15.1. The molecule has 0 aliphatic heterocycles. The molecule has 16 heavy (non-hydrogen) atoms. The van der Waals surface area contributed by atoms with Gasteiger partial charge in [-0.2, -0.15) is 5.10 Å². The highest BCUT2D eigenvalue weighted by Crippen LogP contribution is 2.42. The Morgan fingerprint density at radius 1 is 1.25 bits per heavy atom. The van der Waals surface area contributed by atoms with Crippen molar-refractivity contribution in [1.82, 2.24) is 10.2 Å². The second kappa shape index (κ2) is 4.00. The van der Waals surface area contributed by atoms with Gasteiger partial charge in [0.15, 0.2) is 0 Å². The molecule has 0 saturated heterocycles. The summed E-state index contributed by atoms with van der Waals surface area (Å²) < 4.78 is 0. The highest BCUT2D eigenvalue weighted by Gasteiger charge is 2.32. The van der Waals surface area contributed by atoms with Crippen LogP contribution in [-0.4, -0.2) is 10.2 Å². The summed E-state index contributed by atoms with van der Waals surface area (Å²) in [6.07, 6.45) is 6.38. The molecule has 0 spiro atoms. The van der Waals surface area contributed by atoms with Crippen molar-refractivity contribution in [3.8, 4) is 0 Å². The zero-order chi connectivity index (χ0) is 10.8. The second-order valence-electron chi connectivity index (χ2n) is 4.36. The molecule has 1 atom stereocenters. The van der Waals surface area contributed by atoms with E-state index in [0.717, 1.165) is 11.6 Å². The van der Waals surface area contributed by atoms with Gasteiger partial charge in [0.05, 0.1) is 17.9 Å². The van der Waals surface area contributed by atoms with E-state index in [-0.39, 0.29) is 0 Å². The van der Waals surface area contributed by atoms with Crippen molar-refractivity contribution in [1.29, 1.82) is 0 Å². The molecule has 1 aromatic carbocycles. The zero-order valence-corrected chi connectivity index (χ0v) is 9.06. The Kier molecular flexibility index (Phi) is 2.37. The maximum atomic E-state index is 3.96. The van der Waals surface area contributed by atoms with Crippen molar-refractivity contribution in [3.05, 3.63) is 48.3 Å². The molecule has 1 aromatic heterocycles. The van der Waals surface area contributed by atoms with Gasteiger partial charge in [-0.05, 0) is 24.3 Å². The third kappa shape index (κ3) is 1.94. The van der Waals surface area contributed by atoms with E-state index in [9.17, 15) is 0 Å². The molecule has 1 unspecified atom stereocenters. The maximum absolute atomic E-state index is 3.96. The Hall–Kier alpha value is -1.77. The van der Waals surface area contributed by atoms with Crippen molar-refractivity contribution >= 4 is 5.69 Å². The second-order valence-corrected chi connectivity index (χ2v) is 4.36. The number of benzene rings is 1. The summed E-state index contributed by atoms with van der Waals surface area (Å²) in [6.45, 7) is 0. The lowest BCUT2D eigenvalue weighted by Gasteiger charge is -2.18. The van der Waals surface area contributed by atoms with E-state index in [2.05, 4.69) is 45.8 Å². The molecule has 1 fully saturated rings. The van der Waals surface area contributed by atoms with Crippen LogP contribution in [0, 0.1) is 5.92 Å². The molecule has 0 radical (unpaired) electrons. The largest absolute Gasteiger partial charge is 0.375 e. The predicted octanol–water partition coefficient (Wildman–Crippen LogP) is 2.97. The van der Waals surface area contributed by atoms with Gasteiger partial charge in [-0.3, -0.25) is 5.10 Å². The van der Waals surface area contributed by atoms with E-state index in [0.29, 0.717) is 6.04 Å². The van der Waals surface area contributed by atoms with Crippen LogP contribution in [0.3, 0.4) is 0 Å². The average molecular weight is 213 g/mol. The minimum Gasteiger partial charge on any atom is -0.375 e. The quantitative estimate of drug-likeness (QED) is 0.819. The van der Waals surface area contributed by atoms with Crippen LogP contribution in [0.25, 0.3) is 0 Å². The van der Waals surface area contributed by atoms with E-state index in [4.69, 9.17) is 0 Å². The first-order valence-electron chi connectivity index (χ1n) is 5.74. The smallest absolute Gasteiger partial charge is 0.0728 e. The van der Waals surface area contributed by atoms with Crippen molar-refractivity contribution in [3.63, 3.8) is 0 Å². The molecule has 3 heteroatoms. The van der Waals surface area contributed by atoms with Crippen LogP contribution in [0.2, 0.25) is 0 Å². The number of nitrogens with zero attached hydrogens (tertiary/aromatic N) is 1. The molecular formula is C13H15N3. The number of anilines is 1. The number of nitrogens with one attached hydrogen (secondary N) is 2. The highest BCUT2D eigenvalue weighted by molar-refractivity contribution is 5.42. The lowest BCUT2D eigenvalue weighted by Crippen LogP contribution is -2.12. The van der Waals surface area contributed by atoms with E-state index in [1.165, 1.54) is 18.4 Å². The van der Waals surface area contributed by atoms with Crippen molar-refractivity contribution < 1.29 is 0 Å². The van der Waals surface area contributed by atoms with Crippen LogP contribution in [-0.2, 0) is 0 Å². The zero-order valence-electron chi connectivity index (χ0n) is 9.06. The van der Waals surface area contributed by atoms with Crippen LogP contribution in [0.5, 0.6) is 0 Å². The minimum absolute atomic E-state index is 0.429. The number of H-pyrrole nitrogens is 1. The molecule has 1 heterocycles. The summed E-state index contributed by atoms with van der Waals surface area (Å²) >= 11 is 0. The van der Waals surface area contributed by atoms with Gasteiger partial charge >= 0.3 is 0 Å². The molecule has 0 amide bonds. The Morgan fingerprint density at radius 3 is 2.69 bits per heavy atom. The molecule has 1 aliphatic rings. The molecule has 0 bridgehead atoms. The normalized spacial score (nSPS) is 17.0. The third-order valence-electron chi connectivity index (χ3n) is 3.07. The molecule has 1 saturated carbocycles. The molecular weight excluding hydrogens is 198 g/mol. The summed E-state index contributed by atoms with van der Waals surface area (Å²) in [5.41, 5.74) is 2.44. The standard InChI is InChI=1S/C13H15N3/c1-2-4-10(5-3-1)13(11-6-7-11)16-12-8-14-15-9-12/h1-5,8-9,11,13,16H,6-7H2,(H,14,15). The summed E-state index contributed by atoms with van der Waals surface area (Å²) in [5, 5.41) is 10.3. The Labute approximate surface area is 94.9 Å². The number of aromatic nitrogens is 2. The molecule has 2 N–H and O–H groups in total. The van der Waals surface area contributed by atoms with Crippen LogP contribution in [0.4, 0.5) is 5.69 Å². The first-order chi connectivity index (χ1) is 7.93. The molecule has 2 aromatic rings. The van der Waals surface area contributed by atoms with Gasteiger partial charge in [-0.15, -0.1) is 0 Å². The van der Waals surface area contributed by atoms with Gasteiger partial charge in [0.2, 0.25) is 0 Å². The number of aromatic amines is 1. The van der Waals surface area contributed by atoms with Gasteiger partial charge < -0.3 is 5.32 Å². The van der Waals surface area contributed by atoms with Gasteiger partial charge in [0, 0.05) is 6.20 Å². The van der Waals surface area contributed by atoms with Crippen LogP contribution in [0.15, 0.2) is 42.7 Å². The first kappa shape index (κ1) is 9.46. The SMILES string of the molecule is c1ccc(C(Nc2cn[nH]c2)C2CC2)cc1. The Morgan fingerprint density at radius 2 is 2.06 bits per heavy atom. The topological polar surface area (TPSA) is 40.7 Å². The number of rotatable bonds is 4. The predicted molar refractivity (Wildman–Crippen MR) is 64.1 cm³/mol. The summed E-state index contributed by atoms with van der Waals surface area (Å²) in [4.78, 5) is 0. The van der Waals surface area contributed by atoms with Gasteiger partial charge in [-0.1, -0.05) is 30.3 Å². The first-order valence-corrected chi connectivity index (χ1v) is 5.74. The van der Waals surface area contributed by atoms with Crippen LogP contribution < -0.4 is 5.32 Å². The fourth-order valence-corrected chi connectivity index (χ4v) is 2.07. The van der Waals surface area contributed by atoms with Crippen LogP contribution >= 0.6 is 0 Å². The van der Waals surface area contributed by atoms with Crippen LogP contribution in [0.1, 0.15) is 24.4 Å². The fourth-order valence-electron chi connectivity index (χ4n) is 2.07. The van der Waals surface area contributed by atoms with Crippen molar-refractivity contribution in [2.45, 2.75) is 18.9 Å². The lowest BCUT2D eigenvalue weighted by molar-refractivity contribution is 0.679. The van der Waals surface area contributed by atoms with Crippen molar-refractivity contribution in [2.75, 3.05) is 5.32 Å². The van der Waals surface area contributed by atoms with Crippen molar-refractivity contribution in [2.24, 2.45) is 5.92 Å². The molecule has 1 aliphatic carbocycles.